The predicted molar refractivity (Wildman–Crippen MR) is 253 cm³/mol. The molecule has 9 aromatic carbocycles. The first-order valence-corrected chi connectivity index (χ1v) is 21.7. The molecule has 4 heteroatoms. The van der Waals surface area contributed by atoms with Gasteiger partial charge in [0.15, 0.2) is 5.84 Å². The fourth-order valence-electron chi connectivity index (χ4n) is 9.99. The lowest BCUT2D eigenvalue weighted by Crippen LogP contribution is -2.35. The third kappa shape index (κ3) is 5.60. The summed E-state index contributed by atoms with van der Waals surface area (Å²) in [6.45, 7) is 0. The van der Waals surface area contributed by atoms with Gasteiger partial charge in [0.25, 0.3) is 0 Å². The van der Waals surface area contributed by atoms with Gasteiger partial charge in [-0.25, -0.2) is 9.98 Å². The summed E-state index contributed by atoms with van der Waals surface area (Å²) in [5.74, 6) is 1.65. The Kier molecular flexibility index (Phi) is 8.29. The molecule has 61 heavy (non-hydrogen) atoms. The molecule has 3 aliphatic rings. The Morgan fingerprint density at radius 1 is 0.459 bits per heavy atom. The number of aliphatic imine (C=N–C) groups is 2. The summed E-state index contributed by atoms with van der Waals surface area (Å²) >= 11 is 1.90. The van der Waals surface area contributed by atoms with Gasteiger partial charge in [0, 0.05) is 28.0 Å². The van der Waals surface area contributed by atoms with Crippen molar-refractivity contribution in [2.45, 2.75) is 21.4 Å². The third-order valence-corrected chi connectivity index (χ3v) is 13.9. The normalized spacial score (nSPS) is 17.3. The van der Waals surface area contributed by atoms with Gasteiger partial charge in [-0.2, -0.15) is 0 Å². The van der Waals surface area contributed by atoms with E-state index in [9.17, 15) is 0 Å². The molecule has 0 radical (unpaired) electrons. The Bertz CT molecular complexity index is 3240. The van der Waals surface area contributed by atoms with Crippen molar-refractivity contribution in [2.24, 2.45) is 9.98 Å². The zero-order valence-corrected chi connectivity index (χ0v) is 34.4. The van der Waals surface area contributed by atoms with Crippen LogP contribution in [0, 0.1) is 0 Å². The molecule has 0 bridgehead atoms. The molecule has 0 aromatic heterocycles. The minimum Gasteiger partial charge on any atom is -0.333 e. The molecule has 2 heterocycles. The maximum atomic E-state index is 5.20. The van der Waals surface area contributed by atoms with Gasteiger partial charge < -0.3 is 4.90 Å². The first-order valence-electron chi connectivity index (χ1n) is 20.9. The van der Waals surface area contributed by atoms with E-state index in [-0.39, 0.29) is 6.17 Å². The van der Waals surface area contributed by atoms with E-state index in [1.807, 2.05) is 36.0 Å². The van der Waals surface area contributed by atoms with E-state index in [2.05, 4.69) is 200 Å². The van der Waals surface area contributed by atoms with Crippen molar-refractivity contribution < 1.29 is 0 Å². The summed E-state index contributed by atoms with van der Waals surface area (Å²) < 4.78 is 0. The van der Waals surface area contributed by atoms with Crippen LogP contribution in [0.2, 0.25) is 0 Å². The highest BCUT2D eigenvalue weighted by molar-refractivity contribution is 7.99. The molecule has 0 saturated heterocycles. The van der Waals surface area contributed by atoms with Gasteiger partial charge in [0.05, 0.1) is 5.41 Å². The zero-order chi connectivity index (χ0) is 40.5. The number of amidine groups is 2. The van der Waals surface area contributed by atoms with Crippen molar-refractivity contribution >= 4 is 34.2 Å². The molecule has 288 valence electrons. The smallest absolute Gasteiger partial charge is 0.159 e. The van der Waals surface area contributed by atoms with Crippen molar-refractivity contribution in [1.29, 1.82) is 0 Å². The van der Waals surface area contributed by atoms with Crippen molar-refractivity contribution in [3.63, 3.8) is 0 Å². The third-order valence-electron chi connectivity index (χ3n) is 12.8. The van der Waals surface area contributed by atoms with Gasteiger partial charge >= 0.3 is 0 Å². The Morgan fingerprint density at radius 3 is 1.89 bits per heavy atom. The predicted octanol–water partition coefficient (Wildman–Crippen LogP) is 13.8. The number of hydrogen-bond donors (Lipinski definition) is 0. The maximum absolute atomic E-state index is 5.20. The minimum atomic E-state index is -0.415. The standard InChI is InChI=1S/C57H39N3S/c1-60-55(40-18-6-3-7-19-40)58-54(39-16-4-2-5-17-39)59-56(60)41-29-27-37(28-30-41)42-20-14-21-43(35-42)44-32-33-49-52(36-44)61-51-26-13-12-25-48(51)57(49)47-24-11-10-23-46(47)53-45-22-9-8-15-38(45)31-34-50(53)57/h2-36,56H,1H3. The molecular weight excluding hydrogens is 759 g/mol. The molecule has 3 nitrogen and oxygen atoms in total. The minimum absolute atomic E-state index is 0.220. The molecule has 2 unspecified atom stereocenters. The van der Waals surface area contributed by atoms with E-state index in [0.29, 0.717) is 0 Å². The SMILES string of the molecule is CN1C(c2ccccc2)=NC(c2ccccc2)=NC1c1ccc(-c2cccc(-c3ccc4c(c3)Sc3ccccc3C43c4ccccc4-c4c3ccc3ccccc43)c2)cc1. The van der Waals surface area contributed by atoms with Crippen LogP contribution in [-0.4, -0.2) is 23.6 Å². The van der Waals surface area contributed by atoms with E-state index >= 15 is 0 Å². The molecule has 0 saturated carbocycles. The quantitative estimate of drug-likeness (QED) is 0.173. The van der Waals surface area contributed by atoms with Crippen LogP contribution >= 0.6 is 11.8 Å². The summed E-state index contributed by atoms with van der Waals surface area (Å²) in [5.41, 5.74) is 15.6. The van der Waals surface area contributed by atoms with Crippen LogP contribution in [0.25, 0.3) is 44.2 Å². The fraction of sp³-hybridized carbons (Fsp3) is 0.0526. The Morgan fingerprint density at radius 2 is 1.07 bits per heavy atom. The van der Waals surface area contributed by atoms with E-state index in [4.69, 9.17) is 9.98 Å². The van der Waals surface area contributed by atoms with Crippen molar-refractivity contribution in [3.05, 3.63) is 251 Å². The van der Waals surface area contributed by atoms with Crippen molar-refractivity contribution in [1.82, 2.24) is 4.90 Å². The molecule has 2 atom stereocenters. The van der Waals surface area contributed by atoms with Crippen LogP contribution in [-0.2, 0) is 5.41 Å². The van der Waals surface area contributed by atoms with E-state index in [0.717, 1.165) is 28.4 Å². The second-order valence-electron chi connectivity index (χ2n) is 16.1. The molecule has 9 aromatic rings. The second kappa shape index (κ2) is 14.2. The van der Waals surface area contributed by atoms with Crippen LogP contribution in [0.1, 0.15) is 45.1 Å². The number of fused-ring (bicyclic) bond motifs is 11. The lowest BCUT2D eigenvalue weighted by Gasteiger charge is -2.40. The van der Waals surface area contributed by atoms with Crippen molar-refractivity contribution in [2.75, 3.05) is 7.05 Å². The fourth-order valence-corrected chi connectivity index (χ4v) is 11.2. The number of benzene rings is 9. The molecule has 1 aliphatic carbocycles. The van der Waals surface area contributed by atoms with Crippen LogP contribution in [0.15, 0.2) is 232 Å². The van der Waals surface area contributed by atoms with Gasteiger partial charge in [-0.3, -0.25) is 0 Å². The van der Waals surface area contributed by atoms with Crippen LogP contribution in [0.5, 0.6) is 0 Å². The molecule has 1 spiro atoms. The van der Waals surface area contributed by atoms with Gasteiger partial charge in [0.2, 0.25) is 0 Å². The first kappa shape index (κ1) is 35.7. The van der Waals surface area contributed by atoms with Crippen molar-refractivity contribution in [3.8, 4) is 33.4 Å². The van der Waals surface area contributed by atoms with E-state index < -0.39 is 5.41 Å². The van der Waals surface area contributed by atoms with Gasteiger partial charge in [-0.15, -0.1) is 0 Å². The highest BCUT2D eigenvalue weighted by atomic mass is 32.2. The summed E-state index contributed by atoms with van der Waals surface area (Å²) in [5, 5.41) is 2.58. The summed E-state index contributed by atoms with van der Waals surface area (Å²) in [6, 6.07) is 77.4. The summed E-state index contributed by atoms with van der Waals surface area (Å²) in [6.07, 6.45) is -0.220. The monoisotopic (exact) mass is 797 g/mol. The highest BCUT2D eigenvalue weighted by Crippen LogP contribution is 2.63. The largest absolute Gasteiger partial charge is 0.333 e. The average Bonchev–Trinajstić information content (AvgIpc) is 3.63. The average molecular weight is 798 g/mol. The van der Waals surface area contributed by atoms with Gasteiger partial charge in [-0.1, -0.05) is 206 Å². The summed E-state index contributed by atoms with van der Waals surface area (Å²) in [4.78, 5) is 15.1. The number of hydrogen-bond acceptors (Lipinski definition) is 4. The Hall–Kier alpha value is -7.27. The molecule has 0 N–H and O–H groups in total. The van der Waals surface area contributed by atoms with E-state index in [1.165, 1.54) is 76.2 Å². The van der Waals surface area contributed by atoms with Gasteiger partial charge in [-0.05, 0) is 90.2 Å². The van der Waals surface area contributed by atoms with Gasteiger partial charge in [0.1, 0.15) is 12.0 Å². The second-order valence-corrected chi connectivity index (χ2v) is 17.2. The topological polar surface area (TPSA) is 28.0 Å². The maximum Gasteiger partial charge on any atom is 0.159 e. The molecule has 2 aliphatic heterocycles. The Balaban J connectivity index is 0.918. The van der Waals surface area contributed by atoms with Crippen LogP contribution < -0.4 is 0 Å². The zero-order valence-electron chi connectivity index (χ0n) is 33.5. The first-order chi connectivity index (χ1) is 30.1. The number of nitrogens with zero attached hydrogens (tertiary/aromatic N) is 3. The molecule has 0 fully saturated rings. The lowest BCUT2D eigenvalue weighted by atomic mass is 9.67. The van der Waals surface area contributed by atoms with E-state index in [1.54, 1.807) is 0 Å². The highest BCUT2D eigenvalue weighted by Gasteiger charge is 2.50. The van der Waals surface area contributed by atoms with Crippen LogP contribution in [0.3, 0.4) is 0 Å². The number of rotatable bonds is 5. The Labute approximate surface area is 360 Å². The van der Waals surface area contributed by atoms with Crippen LogP contribution in [0.4, 0.5) is 0 Å². The summed E-state index contributed by atoms with van der Waals surface area (Å²) in [7, 11) is 2.09. The lowest BCUT2D eigenvalue weighted by molar-refractivity contribution is 0.383. The molecule has 12 rings (SSSR count). The molecule has 0 amide bonds. The molecular formula is C57H39N3S.